The van der Waals surface area contributed by atoms with Crippen molar-refractivity contribution >= 4 is 0 Å². The molecule has 23 heavy (non-hydrogen) atoms. The molecule has 0 aliphatic heterocycles. The van der Waals surface area contributed by atoms with E-state index >= 15 is 0 Å². The van der Waals surface area contributed by atoms with Gasteiger partial charge in [-0.2, -0.15) is 0 Å². The molecule has 5 nitrogen and oxygen atoms in total. The van der Waals surface area contributed by atoms with Gasteiger partial charge in [-0.25, -0.2) is 0 Å². The summed E-state index contributed by atoms with van der Waals surface area (Å²) in [5.74, 6) is 2.14. The first-order valence-corrected chi connectivity index (χ1v) is 7.46. The Hall–Kier alpha value is -2.40. The van der Waals surface area contributed by atoms with Crippen molar-refractivity contribution in [3.63, 3.8) is 0 Å². The van der Waals surface area contributed by atoms with E-state index in [1.807, 2.05) is 30.3 Å². The third-order valence-electron chi connectivity index (χ3n) is 3.66. The second-order valence-electron chi connectivity index (χ2n) is 5.08. The predicted octanol–water partition coefficient (Wildman–Crippen LogP) is 2.75. The number of nitrogens with one attached hydrogen (secondary N) is 1. The van der Waals surface area contributed by atoms with Crippen LogP contribution in [0, 0.1) is 0 Å². The third kappa shape index (κ3) is 4.29. The Bertz CT molecular complexity index is 643. The predicted molar refractivity (Wildman–Crippen MR) is 89.6 cm³/mol. The Morgan fingerprint density at radius 3 is 2.35 bits per heavy atom. The number of hydrogen-bond acceptors (Lipinski definition) is 5. The normalized spacial score (nSPS) is 10.4. The summed E-state index contributed by atoms with van der Waals surface area (Å²) in [6.07, 6.45) is 0.852. The zero-order valence-electron chi connectivity index (χ0n) is 13.8. The zero-order chi connectivity index (χ0) is 16.7. The molecule has 0 bridgehead atoms. The molecule has 0 spiro atoms. The molecule has 0 atom stereocenters. The van der Waals surface area contributed by atoms with Gasteiger partial charge in [0.15, 0.2) is 23.0 Å². The van der Waals surface area contributed by atoms with Crippen LogP contribution in [0.5, 0.6) is 23.0 Å². The van der Waals surface area contributed by atoms with Gasteiger partial charge >= 0.3 is 0 Å². The molecule has 5 heteroatoms. The van der Waals surface area contributed by atoms with Crippen LogP contribution >= 0.6 is 0 Å². The summed E-state index contributed by atoms with van der Waals surface area (Å²) in [6.45, 7) is 1.36. The minimum Gasteiger partial charge on any atom is -0.504 e. The van der Waals surface area contributed by atoms with Gasteiger partial charge in [0.2, 0.25) is 0 Å². The molecule has 0 unspecified atom stereocenters. The van der Waals surface area contributed by atoms with Crippen LogP contribution in [0.25, 0.3) is 0 Å². The molecule has 124 valence electrons. The first-order valence-electron chi connectivity index (χ1n) is 7.46. The number of benzene rings is 2. The maximum atomic E-state index is 10.0. The van der Waals surface area contributed by atoms with Gasteiger partial charge in [0.25, 0.3) is 0 Å². The molecular formula is C18H23NO4. The number of para-hydroxylation sites is 1. The Morgan fingerprint density at radius 2 is 1.65 bits per heavy atom. The van der Waals surface area contributed by atoms with E-state index in [1.54, 1.807) is 27.4 Å². The zero-order valence-corrected chi connectivity index (χ0v) is 13.8. The minimum absolute atomic E-state index is 0.189. The van der Waals surface area contributed by atoms with E-state index in [2.05, 4.69) is 5.32 Å². The van der Waals surface area contributed by atoms with Gasteiger partial charge in [-0.3, -0.25) is 0 Å². The molecule has 0 saturated carbocycles. The molecule has 0 aromatic heterocycles. The summed E-state index contributed by atoms with van der Waals surface area (Å²) in [7, 11) is 4.80. The first kappa shape index (κ1) is 17.0. The van der Waals surface area contributed by atoms with Crippen LogP contribution in [-0.2, 0) is 13.0 Å². The number of rotatable bonds is 8. The summed E-state index contributed by atoms with van der Waals surface area (Å²) in [5.41, 5.74) is 1.97. The maximum absolute atomic E-state index is 10.0. The highest BCUT2D eigenvalue weighted by Gasteiger charge is 2.07. The van der Waals surface area contributed by atoms with E-state index in [0.29, 0.717) is 12.3 Å². The Morgan fingerprint density at radius 1 is 0.913 bits per heavy atom. The van der Waals surface area contributed by atoms with Crippen molar-refractivity contribution < 1.29 is 19.3 Å². The highest BCUT2D eigenvalue weighted by molar-refractivity contribution is 5.45. The van der Waals surface area contributed by atoms with Gasteiger partial charge in [-0.15, -0.1) is 0 Å². The Balaban J connectivity index is 1.88. The molecule has 0 saturated heterocycles. The molecule has 2 aromatic carbocycles. The highest BCUT2D eigenvalue weighted by atomic mass is 16.5. The Kier molecular flexibility index (Phi) is 6.11. The Labute approximate surface area is 136 Å². The fourth-order valence-corrected chi connectivity index (χ4v) is 2.37. The summed E-state index contributed by atoms with van der Waals surface area (Å²) >= 11 is 0. The van der Waals surface area contributed by atoms with E-state index < -0.39 is 0 Å². The molecule has 0 amide bonds. The lowest BCUT2D eigenvalue weighted by atomic mass is 10.1. The van der Waals surface area contributed by atoms with Crippen LogP contribution in [-0.4, -0.2) is 33.0 Å². The van der Waals surface area contributed by atoms with Crippen molar-refractivity contribution in [2.45, 2.75) is 13.0 Å². The quantitative estimate of drug-likeness (QED) is 0.733. The van der Waals surface area contributed by atoms with Crippen LogP contribution in [0.4, 0.5) is 0 Å². The van der Waals surface area contributed by atoms with E-state index in [9.17, 15) is 5.11 Å². The van der Waals surface area contributed by atoms with Gasteiger partial charge < -0.3 is 24.6 Å². The lowest BCUT2D eigenvalue weighted by Crippen LogP contribution is -2.16. The second kappa shape index (κ2) is 8.29. The molecule has 0 radical (unpaired) electrons. The second-order valence-corrected chi connectivity index (χ2v) is 5.08. The van der Waals surface area contributed by atoms with Crippen LogP contribution in [0.3, 0.4) is 0 Å². The van der Waals surface area contributed by atoms with Crippen molar-refractivity contribution in [2.75, 3.05) is 27.9 Å². The fraction of sp³-hybridized carbons (Fsp3) is 0.333. The molecule has 2 rings (SSSR count). The first-order chi connectivity index (χ1) is 11.2. The summed E-state index contributed by atoms with van der Waals surface area (Å²) in [4.78, 5) is 0. The molecule has 0 fully saturated rings. The largest absolute Gasteiger partial charge is 0.504 e. The SMILES string of the molecule is COc1ccc(CCNCc2cccc(OC)c2O)cc1OC. The number of methoxy groups -OCH3 is 3. The van der Waals surface area contributed by atoms with Crippen molar-refractivity contribution in [1.82, 2.24) is 5.32 Å². The topological polar surface area (TPSA) is 60.0 Å². The minimum atomic E-state index is 0.189. The van der Waals surface area contributed by atoms with E-state index in [0.717, 1.165) is 35.6 Å². The molecule has 2 aromatic rings. The summed E-state index contributed by atoms with van der Waals surface area (Å²) in [5, 5.41) is 13.4. The molecule has 2 N–H and O–H groups in total. The number of hydrogen-bond donors (Lipinski definition) is 2. The van der Waals surface area contributed by atoms with Crippen LogP contribution in [0.2, 0.25) is 0 Å². The smallest absolute Gasteiger partial charge is 0.162 e. The van der Waals surface area contributed by atoms with E-state index in [-0.39, 0.29) is 5.75 Å². The van der Waals surface area contributed by atoms with Crippen LogP contribution in [0.15, 0.2) is 36.4 Å². The van der Waals surface area contributed by atoms with Gasteiger partial charge in [0.1, 0.15) is 0 Å². The van der Waals surface area contributed by atoms with Crippen molar-refractivity contribution in [1.29, 1.82) is 0 Å². The lowest BCUT2D eigenvalue weighted by Gasteiger charge is -2.11. The number of phenolic OH excluding ortho intramolecular Hbond substituents is 1. The van der Waals surface area contributed by atoms with Gasteiger partial charge in [-0.05, 0) is 36.7 Å². The summed E-state index contributed by atoms with van der Waals surface area (Å²) in [6, 6.07) is 11.4. The lowest BCUT2D eigenvalue weighted by molar-refractivity contribution is 0.354. The van der Waals surface area contributed by atoms with Gasteiger partial charge in [0, 0.05) is 12.1 Å². The average Bonchev–Trinajstić information content (AvgIpc) is 2.59. The van der Waals surface area contributed by atoms with Crippen LogP contribution < -0.4 is 19.5 Å². The molecule has 0 aliphatic rings. The standard InChI is InChI=1S/C18H23NO4/c1-21-15-8-7-13(11-17(15)23-3)9-10-19-12-14-5-4-6-16(22-2)18(14)20/h4-8,11,19-20H,9-10,12H2,1-3H3. The number of phenols is 1. The third-order valence-corrected chi connectivity index (χ3v) is 3.66. The van der Waals surface area contributed by atoms with Crippen molar-refractivity contribution in [3.8, 4) is 23.0 Å². The fourth-order valence-electron chi connectivity index (χ4n) is 2.37. The van der Waals surface area contributed by atoms with Gasteiger partial charge in [0.05, 0.1) is 21.3 Å². The van der Waals surface area contributed by atoms with E-state index in [1.165, 1.54) is 0 Å². The van der Waals surface area contributed by atoms with Crippen LogP contribution in [0.1, 0.15) is 11.1 Å². The number of ether oxygens (including phenoxy) is 3. The highest BCUT2D eigenvalue weighted by Crippen LogP contribution is 2.29. The molecular weight excluding hydrogens is 294 g/mol. The summed E-state index contributed by atoms with van der Waals surface area (Å²) < 4.78 is 15.6. The number of aromatic hydroxyl groups is 1. The van der Waals surface area contributed by atoms with E-state index in [4.69, 9.17) is 14.2 Å². The average molecular weight is 317 g/mol. The monoisotopic (exact) mass is 317 g/mol. The van der Waals surface area contributed by atoms with Gasteiger partial charge in [-0.1, -0.05) is 18.2 Å². The maximum Gasteiger partial charge on any atom is 0.162 e. The van der Waals surface area contributed by atoms with Crippen molar-refractivity contribution in [3.05, 3.63) is 47.5 Å². The molecule has 0 aliphatic carbocycles. The molecule has 0 heterocycles. The van der Waals surface area contributed by atoms with Crippen molar-refractivity contribution in [2.24, 2.45) is 0 Å².